The summed E-state index contributed by atoms with van der Waals surface area (Å²) < 4.78 is 40.0. The fourth-order valence-corrected chi connectivity index (χ4v) is 4.60. The molecule has 37 heavy (non-hydrogen) atoms. The van der Waals surface area contributed by atoms with Crippen LogP contribution in [0.15, 0.2) is 65.0 Å². The number of hydrogen-bond donors (Lipinski definition) is 1. The number of benzene rings is 2. The normalized spacial score (nSPS) is 11.3. The third-order valence-corrected chi connectivity index (χ3v) is 7.21. The number of nitrogens with one attached hydrogen (secondary N) is 1. The van der Waals surface area contributed by atoms with E-state index in [9.17, 15) is 18.5 Å². The number of carbonyl (C=O) groups excluding carboxylic acids is 1. The van der Waals surface area contributed by atoms with Crippen molar-refractivity contribution >= 4 is 38.3 Å². The highest BCUT2D eigenvalue weighted by Gasteiger charge is 2.18. The van der Waals surface area contributed by atoms with Crippen LogP contribution in [0.5, 0.6) is 17.2 Å². The molecular formula is C25H24N4O6S2. The van der Waals surface area contributed by atoms with Gasteiger partial charge in [0.1, 0.15) is 30.6 Å². The van der Waals surface area contributed by atoms with Gasteiger partial charge in [0.25, 0.3) is 5.91 Å². The number of nitriles is 1. The molecule has 0 unspecified atom stereocenters. The molecule has 0 spiro atoms. The van der Waals surface area contributed by atoms with E-state index in [1.54, 1.807) is 18.2 Å². The van der Waals surface area contributed by atoms with Gasteiger partial charge < -0.3 is 14.2 Å². The minimum atomic E-state index is -3.56. The lowest BCUT2D eigenvalue weighted by Crippen LogP contribution is -2.13. The molecule has 12 heteroatoms. The van der Waals surface area contributed by atoms with E-state index in [-0.39, 0.29) is 21.7 Å². The molecule has 0 saturated heterocycles. The molecule has 0 aliphatic heterocycles. The van der Waals surface area contributed by atoms with E-state index in [2.05, 4.69) is 22.1 Å². The standard InChI is InChI=1S/C25H24N4O6S2/c1-4-8-18-13-17(14-19(16-26)23(30)27-24-28-29-25(36-24)37(3,31)32)15-21(33-2)22(18)35-12-11-34-20-9-6-5-7-10-20/h4-7,9-10,13-15H,1,8,11-12H2,2-3H3,(H,27,28,30)/b19-14-. The van der Waals surface area contributed by atoms with Gasteiger partial charge in [-0.1, -0.05) is 35.6 Å². The van der Waals surface area contributed by atoms with E-state index < -0.39 is 15.7 Å². The Morgan fingerprint density at radius 3 is 2.54 bits per heavy atom. The topological polar surface area (TPSA) is 140 Å². The summed E-state index contributed by atoms with van der Waals surface area (Å²) in [6, 6.07) is 14.6. The third kappa shape index (κ3) is 7.63. The molecule has 2 aromatic carbocycles. The summed E-state index contributed by atoms with van der Waals surface area (Å²) in [5.74, 6) is 0.876. The highest BCUT2D eigenvalue weighted by molar-refractivity contribution is 7.92. The number of rotatable bonds is 12. The van der Waals surface area contributed by atoms with E-state index in [4.69, 9.17) is 14.2 Å². The zero-order valence-electron chi connectivity index (χ0n) is 20.1. The van der Waals surface area contributed by atoms with Gasteiger partial charge in [0, 0.05) is 11.8 Å². The SMILES string of the molecule is C=CCc1cc(/C=C(/C#N)C(=O)Nc2nnc(S(C)(=O)=O)s2)cc(OC)c1OCCOc1ccccc1. The first-order valence-corrected chi connectivity index (χ1v) is 13.5. The predicted molar refractivity (Wildman–Crippen MR) is 140 cm³/mol. The van der Waals surface area contributed by atoms with Crippen molar-refractivity contribution in [3.05, 3.63) is 71.8 Å². The Bertz CT molecular complexity index is 1440. The van der Waals surface area contributed by atoms with Gasteiger partial charge in [-0.15, -0.1) is 16.8 Å². The lowest BCUT2D eigenvalue weighted by molar-refractivity contribution is -0.112. The molecule has 10 nitrogen and oxygen atoms in total. The summed E-state index contributed by atoms with van der Waals surface area (Å²) >= 11 is 0.691. The van der Waals surface area contributed by atoms with Gasteiger partial charge in [-0.05, 0) is 42.3 Å². The van der Waals surface area contributed by atoms with Crippen LogP contribution < -0.4 is 19.5 Å². The molecule has 0 fully saturated rings. The Balaban J connectivity index is 1.79. The quantitative estimate of drug-likeness (QED) is 0.120. The summed E-state index contributed by atoms with van der Waals surface area (Å²) in [6.45, 7) is 4.35. The van der Waals surface area contributed by atoms with Crippen molar-refractivity contribution in [1.29, 1.82) is 5.26 Å². The Morgan fingerprint density at radius 2 is 1.92 bits per heavy atom. The number of anilines is 1. The first-order chi connectivity index (χ1) is 17.7. The minimum absolute atomic E-state index is 0.0435. The predicted octanol–water partition coefficient (Wildman–Crippen LogP) is 3.68. The maximum atomic E-state index is 12.6. The summed E-state index contributed by atoms with van der Waals surface area (Å²) in [5, 5.41) is 19.1. The zero-order valence-corrected chi connectivity index (χ0v) is 21.8. The second-order valence-electron chi connectivity index (χ2n) is 7.48. The summed E-state index contributed by atoms with van der Waals surface area (Å²) in [4.78, 5) is 12.6. The van der Waals surface area contributed by atoms with E-state index in [0.717, 1.165) is 17.6 Å². The van der Waals surface area contributed by atoms with Crippen molar-refractivity contribution in [2.45, 2.75) is 10.8 Å². The van der Waals surface area contributed by atoms with Gasteiger partial charge in [-0.2, -0.15) is 5.26 Å². The van der Waals surface area contributed by atoms with Crippen LogP contribution >= 0.6 is 11.3 Å². The van der Waals surface area contributed by atoms with Crippen molar-refractivity contribution in [1.82, 2.24) is 10.2 Å². The number of carbonyl (C=O) groups is 1. The second kappa shape index (κ2) is 12.7. The number of allylic oxidation sites excluding steroid dienone is 1. The maximum absolute atomic E-state index is 12.6. The Hall–Kier alpha value is -4.21. The van der Waals surface area contributed by atoms with Gasteiger partial charge in [-0.25, -0.2) is 8.42 Å². The molecule has 0 bridgehead atoms. The van der Waals surface area contributed by atoms with Crippen LogP contribution in [0.4, 0.5) is 5.13 Å². The first-order valence-electron chi connectivity index (χ1n) is 10.8. The number of nitrogens with zero attached hydrogens (tertiary/aromatic N) is 3. The average Bonchev–Trinajstić information content (AvgIpc) is 3.35. The summed E-state index contributed by atoms with van der Waals surface area (Å²) in [6.07, 6.45) is 4.51. The molecule has 0 saturated carbocycles. The maximum Gasteiger partial charge on any atom is 0.268 e. The van der Waals surface area contributed by atoms with Gasteiger partial charge in [0.05, 0.1) is 7.11 Å². The van der Waals surface area contributed by atoms with Crippen molar-refractivity contribution in [2.24, 2.45) is 0 Å². The van der Waals surface area contributed by atoms with Crippen LogP contribution in [-0.4, -0.2) is 51.1 Å². The van der Waals surface area contributed by atoms with E-state index >= 15 is 0 Å². The molecule has 0 aliphatic carbocycles. The van der Waals surface area contributed by atoms with Gasteiger partial charge in [0.15, 0.2) is 11.5 Å². The molecule has 3 aromatic rings. The Labute approximate surface area is 218 Å². The minimum Gasteiger partial charge on any atom is -0.493 e. The number of aromatic nitrogens is 2. The molecule has 1 amide bonds. The number of amides is 1. The van der Waals surface area contributed by atoms with Crippen LogP contribution in [0.2, 0.25) is 0 Å². The highest BCUT2D eigenvalue weighted by Crippen LogP contribution is 2.34. The number of hydrogen-bond acceptors (Lipinski definition) is 10. The van der Waals surface area contributed by atoms with Crippen LogP contribution in [-0.2, 0) is 21.1 Å². The molecule has 1 aromatic heterocycles. The summed E-state index contributed by atoms with van der Waals surface area (Å²) in [5.41, 5.74) is 1.02. The van der Waals surface area contributed by atoms with Gasteiger partial charge >= 0.3 is 0 Å². The molecule has 1 heterocycles. The third-order valence-electron chi connectivity index (χ3n) is 4.70. The Morgan fingerprint density at radius 1 is 1.19 bits per heavy atom. The largest absolute Gasteiger partial charge is 0.493 e. The summed E-state index contributed by atoms with van der Waals surface area (Å²) in [7, 11) is -2.08. The molecule has 0 atom stereocenters. The van der Waals surface area contributed by atoms with Crippen molar-refractivity contribution in [3.63, 3.8) is 0 Å². The molecule has 3 rings (SSSR count). The molecule has 192 valence electrons. The van der Waals surface area contributed by atoms with Crippen LogP contribution in [0.3, 0.4) is 0 Å². The highest BCUT2D eigenvalue weighted by atomic mass is 32.2. The molecule has 0 aliphatic rings. The van der Waals surface area contributed by atoms with E-state index in [0.29, 0.717) is 41.4 Å². The second-order valence-corrected chi connectivity index (χ2v) is 10.7. The lowest BCUT2D eigenvalue weighted by Gasteiger charge is -2.16. The van der Waals surface area contributed by atoms with Gasteiger partial charge in [0.2, 0.25) is 19.3 Å². The van der Waals surface area contributed by atoms with Crippen molar-refractivity contribution in [3.8, 4) is 23.3 Å². The smallest absolute Gasteiger partial charge is 0.268 e. The number of para-hydroxylation sites is 1. The lowest BCUT2D eigenvalue weighted by atomic mass is 10.0. The van der Waals surface area contributed by atoms with E-state index in [1.807, 2.05) is 36.4 Å². The zero-order chi connectivity index (χ0) is 26.8. The van der Waals surface area contributed by atoms with E-state index in [1.165, 1.54) is 13.2 Å². The van der Waals surface area contributed by atoms with Crippen LogP contribution in [0.25, 0.3) is 6.08 Å². The monoisotopic (exact) mass is 540 g/mol. The van der Waals surface area contributed by atoms with Crippen LogP contribution in [0.1, 0.15) is 11.1 Å². The molecule has 1 N–H and O–H groups in total. The fourth-order valence-electron chi connectivity index (χ4n) is 3.10. The average molecular weight is 541 g/mol. The van der Waals surface area contributed by atoms with Crippen LogP contribution in [0, 0.1) is 11.3 Å². The number of methoxy groups -OCH3 is 1. The fraction of sp³-hybridized carbons (Fsp3) is 0.200. The first kappa shape index (κ1) is 27.4. The molecule has 0 radical (unpaired) electrons. The number of ether oxygens (including phenoxy) is 3. The number of sulfone groups is 1. The Kier molecular flexibility index (Phi) is 9.37. The molecular weight excluding hydrogens is 516 g/mol. The van der Waals surface area contributed by atoms with Crippen molar-refractivity contribution in [2.75, 3.05) is 31.9 Å². The van der Waals surface area contributed by atoms with Gasteiger partial charge in [-0.3, -0.25) is 10.1 Å². The van der Waals surface area contributed by atoms with Crippen molar-refractivity contribution < 1.29 is 27.4 Å².